The van der Waals surface area contributed by atoms with Gasteiger partial charge in [-0.15, -0.1) is 0 Å². The quantitative estimate of drug-likeness (QED) is 0.754. The van der Waals surface area contributed by atoms with Gasteiger partial charge in [-0.2, -0.15) is 11.8 Å². The van der Waals surface area contributed by atoms with Crippen LogP contribution in [-0.2, 0) is 0 Å². The second-order valence-corrected chi connectivity index (χ2v) is 5.85. The topological polar surface area (TPSA) is 78.4 Å². The van der Waals surface area contributed by atoms with E-state index in [9.17, 15) is 9.59 Å². The summed E-state index contributed by atoms with van der Waals surface area (Å²) < 4.78 is 0. The molecule has 0 aliphatic rings. The second-order valence-electron chi connectivity index (χ2n) is 4.57. The van der Waals surface area contributed by atoms with Gasteiger partial charge in [0.2, 0.25) is 0 Å². The zero-order valence-electron chi connectivity index (χ0n) is 11.9. The number of carboxylic acid groups (broad SMARTS) is 1. The monoisotopic (exact) mass is 296 g/mol. The lowest BCUT2D eigenvalue weighted by Crippen LogP contribution is -2.31. The number of anilines is 1. The number of amides is 2. The Morgan fingerprint density at radius 2 is 2.10 bits per heavy atom. The first-order valence-corrected chi connectivity index (χ1v) is 7.64. The Balaban J connectivity index is 2.60. The lowest BCUT2D eigenvalue weighted by atomic mass is 10.1. The fourth-order valence-electron chi connectivity index (χ4n) is 1.62. The van der Waals surface area contributed by atoms with Crippen LogP contribution in [0.4, 0.5) is 10.5 Å². The van der Waals surface area contributed by atoms with Gasteiger partial charge in [-0.05, 0) is 31.7 Å². The molecule has 0 aromatic heterocycles. The van der Waals surface area contributed by atoms with E-state index in [0.717, 1.165) is 12.0 Å². The molecule has 1 rings (SSSR count). The van der Waals surface area contributed by atoms with Crippen LogP contribution >= 0.6 is 11.8 Å². The van der Waals surface area contributed by atoms with Crippen molar-refractivity contribution in [1.29, 1.82) is 0 Å². The fraction of sp³-hybridized carbons (Fsp3) is 0.429. The number of urea groups is 1. The minimum atomic E-state index is -1.06. The van der Waals surface area contributed by atoms with E-state index in [0.29, 0.717) is 17.5 Å². The van der Waals surface area contributed by atoms with Gasteiger partial charge in [-0.25, -0.2) is 9.59 Å². The molecule has 1 aromatic rings. The van der Waals surface area contributed by atoms with Crippen LogP contribution in [0.2, 0.25) is 0 Å². The van der Waals surface area contributed by atoms with Crippen molar-refractivity contribution >= 4 is 29.4 Å². The summed E-state index contributed by atoms with van der Waals surface area (Å²) >= 11 is 1.74. The molecule has 110 valence electrons. The van der Waals surface area contributed by atoms with Crippen LogP contribution in [0.1, 0.15) is 29.3 Å². The average molecular weight is 296 g/mol. The molecule has 20 heavy (non-hydrogen) atoms. The van der Waals surface area contributed by atoms with Crippen LogP contribution in [0, 0.1) is 6.92 Å². The molecule has 1 unspecified atom stereocenters. The number of benzene rings is 1. The van der Waals surface area contributed by atoms with Crippen molar-refractivity contribution < 1.29 is 14.7 Å². The molecule has 0 spiro atoms. The summed E-state index contributed by atoms with van der Waals surface area (Å²) in [6.45, 7) is 4.45. The van der Waals surface area contributed by atoms with Crippen molar-refractivity contribution in [3.63, 3.8) is 0 Å². The summed E-state index contributed by atoms with van der Waals surface area (Å²) in [5.41, 5.74) is 1.23. The van der Waals surface area contributed by atoms with E-state index in [4.69, 9.17) is 5.11 Å². The highest BCUT2D eigenvalue weighted by atomic mass is 32.2. The molecule has 1 aromatic carbocycles. The van der Waals surface area contributed by atoms with Gasteiger partial charge in [0.25, 0.3) is 0 Å². The van der Waals surface area contributed by atoms with Crippen LogP contribution in [0.3, 0.4) is 0 Å². The van der Waals surface area contributed by atoms with E-state index < -0.39 is 5.97 Å². The number of aromatic carboxylic acids is 1. The first kappa shape index (κ1) is 16.4. The number of aryl methyl sites for hydroxylation is 1. The molecule has 0 aliphatic carbocycles. The maximum Gasteiger partial charge on any atom is 0.337 e. The van der Waals surface area contributed by atoms with Crippen molar-refractivity contribution in [3.05, 3.63) is 29.3 Å². The zero-order valence-corrected chi connectivity index (χ0v) is 12.7. The third-order valence-electron chi connectivity index (χ3n) is 2.89. The van der Waals surface area contributed by atoms with Gasteiger partial charge in [-0.3, -0.25) is 0 Å². The summed E-state index contributed by atoms with van der Waals surface area (Å²) in [7, 11) is 0. The van der Waals surface area contributed by atoms with Gasteiger partial charge < -0.3 is 15.7 Å². The first-order chi connectivity index (χ1) is 9.43. The number of hydrogen-bond acceptors (Lipinski definition) is 3. The van der Waals surface area contributed by atoms with E-state index in [2.05, 4.69) is 17.6 Å². The van der Waals surface area contributed by atoms with Gasteiger partial charge >= 0.3 is 12.0 Å². The molecule has 0 saturated heterocycles. The Bertz CT molecular complexity index is 491. The number of rotatable bonds is 6. The molecule has 0 saturated carbocycles. The van der Waals surface area contributed by atoms with Gasteiger partial charge in [0.1, 0.15) is 0 Å². The van der Waals surface area contributed by atoms with Crippen LogP contribution < -0.4 is 10.6 Å². The fourth-order valence-corrected chi connectivity index (χ4v) is 1.97. The van der Waals surface area contributed by atoms with Crippen LogP contribution in [-0.4, -0.2) is 35.2 Å². The summed E-state index contributed by atoms with van der Waals surface area (Å²) in [5, 5.41) is 14.9. The van der Waals surface area contributed by atoms with Crippen molar-refractivity contribution in [2.45, 2.75) is 25.5 Å². The standard InChI is InChI=1S/C14H20N2O3S/c1-9-4-5-12(11(8-9)13(17)18)16-14(19)15-7-6-10(2)20-3/h4-5,8,10H,6-7H2,1-3H3,(H,17,18)(H2,15,16,19). The highest BCUT2D eigenvalue weighted by Crippen LogP contribution is 2.17. The van der Waals surface area contributed by atoms with E-state index in [1.54, 1.807) is 30.8 Å². The number of carbonyl (C=O) groups excluding carboxylic acids is 1. The summed E-state index contributed by atoms with van der Waals surface area (Å²) in [6, 6.07) is 4.51. The summed E-state index contributed by atoms with van der Waals surface area (Å²) in [6.07, 6.45) is 2.89. The molecule has 0 heterocycles. The molecule has 0 fully saturated rings. The Morgan fingerprint density at radius 3 is 2.70 bits per heavy atom. The molecule has 0 bridgehead atoms. The van der Waals surface area contributed by atoms with Gasteiger partial charge in [-0.1, -0.05) is 18.6 Å². The Hall–Kier alpha value is -1.69. The number of thioether (sulfide) groups is 1. The lowest BCUT2D eigenvalue weighted by molar-refractivity contribution is 0.0698. The Morgan fingerprint density at radius 1 is 1.40 bits per heavy atom. The normalized spacial score (nSPS) is 11.8. The number of nitrogens with one attached hydrogen (secondary N) is 2. The van der Waals surface area contributed by atoms with Gasteiger partial charge in [0.05, 0.1) is 11.3 Å². The van der Waals surface area contributed by atoms with Crippen molar-refractivity contribution in [2.24, 2.45) is 0 Å². The molecule has 1 atom stereocenters. The highest BCUT2D eigenvalue weighted by molar-refractivity contribution is 7.99. The van der Waals surface area contributed by atoms with E-state index in [-0.39, 0.29) is 11.6 Å². The van der Waals surface area contributed by atoms with Crippen LogP contribution in [0.5, 0.6) is 0 Å². The van der Waals surface area contributed by atoms with Crippen molar-refractivity contribution in [1.82, 2.24) is 5.32 Å². The smallest absolute Gasteiger partial charge is 0.337 e. The minimum Gasteiger partial charge on any atom is -0.478 e. The average Bonchev–Trinajstić information content (AvgIpc) is 2.40. The summed E-state index contributed by atoms with van der Waals surface area (Å²) in [5.74, 6) is -1.06. The molecule has 6 heteroatoms. The molecule has 2 amide bonds. The lowest BCUT2D eigenvalue weighted by Gasteiger charge is -2.12. The third-order valence-corrected chi connectivity index (χ3v) is 3.93. The predicted octanol–water partition coefficient (Wildman–Crippen LogP) is 2.96. The summed E-state index contributed by atoms with van der Waals surface area (Å²) in [4.78, 5) is 22.8. The molecule has 3 N–H and O–H groups in total. The largest absolute Gasteiger partial charge is 0.478 e. The second kappa shape index (κ2) is 7.79. The van der Waals surface area contributed by atoms with Crippen LogP contribution in [0.15, 0.2) is 18.2 Å². The SMILES string of the molecule is CSC(C)CCNC(=O)Nc1ccc(C)cc1C(=O)O. The Labute approximate surface area is 123 Å². The predicted molar refractivity (Wildman–Crippen MR) is 82.8 cm³/mol. The van der Waals surface area contributed by atoms with Crippen LogP contribution in [0.25, 0.3) is 0 Å². The number of carbonyl (C=O) groups is 2. The number of hydrogen-bond donors (Lipinski definition) is 3. The molecule has 0 aliphatic heterocycles. The first-order valence-electron chi connectivity index (χ1n) is 6.35. The molecule has 5 nitrogen and oxygen atoms in total. The van der Waals surface area contributed by atoms with E-state index >= 15 is 0 Å². The molecular weight excluding hydrogens is 276 g/mol. The van der Waals surface area contributed by atoms with Gasteiger partial charge in [0, 0.05) is 11.8 Å². The highest BCUT2D eigenvalue weighted by Gasteiger charge is 2.12. The zero-order chi connectivity index (χ0) is 15.1. The third kappa shape index (κ3) is 5.13. The maximum absolute atomic E-state index is 11.7. The molecule has 0 radical (unpaired) electrons. The van der Waals surface area contributed by atoms with E-state index in [1.165, 1.54) is 6.07 Å². The van der Waals surface area contributed by atoms with Crippen molar-refractivity contribution in [2.75, 3.05) is 18.1 Å². The maximum atomic E-state index is 11.7. The van der Waals surface area contributed by atoms with Gasteiger partial charge in [0.15, 0.2) is 0 Å². The molecular formula is C14H20N2O3S. The van der Waals surface area contributed by atoms with Crippen molar-refractivity contribution in [3.8, 4) is 0 Å². The minimum absolute atomic E-state index is 0.0950. The Kier molecular flexibility index (Phi) is 6.38. The number of carboxylic acids is 1. The van der Waals surface area contributed by atoms with E-state index in [1.807, 2.05) is 6.26 Å².